The molecule has 0 unspecified atom stereocenters. The average molecular weight is 380 g/mol. The van der Waals surface area contributed by atoms with Gasteiger partial charge in [-0.2, -0.15) is 0 Å². The molecule has 1 aliphatic rings. The fourth-order valence-electron chi connectivity index (χ4n) is 2.73. The highest BCUT2D eigenvalue weighted by molar-refractivity contribution is 6.03. The molecule has 2 aromatic rings. The number of imide groups is 1. The molecule has 0 aromatic heterocycles. The number of hydrogen-bond donors (Lipinski definition) is 2. The van der Waals surface area contributed by atoms with Gasteiger partial charge in [-0.3, -0.25) is 10.1 Å². The second-order valence-electron chi connectivity index (χ2n) is 6.39. The molecule has 1 aliphatic heterocycles. The summed E-state index contributed by atoms with van der Waals surface area (Å²) in [6, 6.07) is 12.1. The lowest BCUT2D eigenvalue weighted by molar-refractivity contribution is -0.144. The van der Waals surface area contributed by atoms with E-state index >= 15 is 0 Å². The first kappa shape index (κ1) is 19.2. The molecule has 7 nitrogen and oxygen atoms in total. The zero-order chi connectivity index (χ0) is 20.1. The third-order valence-electron chi connectivity index (χ3n) is 4.11. The summed E-state index contributed by atoms with van der Waals surface area (Å²) >= 11 is 0. The van der Waals surface area contributed by atoms with Crippen molar-refractivity contribution in [2.24, 2.45) is 0 Å². The number of fused-ring (bicyclic) bond motifs is 1. The number of aryl methyl sites for hydroxylation is 2. The van der Waals surface area contributed by atoms with Gasteiger partial charge in [-0.15, -0.1) is 0 Å². The summed E-state index contributed by atoms with van der Waals surface area (Å²) in [7, 11) is 0. The monoisotopic (exact) mass is 380 g/mol. The fourth-order valence-corrected chi connectivity index (χ4v) is 2.73. The van der Waals surface area contributed by atoms with E-state index in [0.29, 0.717) is 17.0 Å². The van der Waals surface area contributed by atoms with Crippen LogP contribution >= 0.6 is 0 Å². The molecular weight excluding hydrogens is 360 g/mol. The molecule has 144 valence electrons. The third-order valence-corrected chi connectivity index (χ3v) is 4.11. The highest BCUT2D eigenvalue weighted by Crippen LogP contribution is 2.26. The minimum absolute atomic E-state index is 0.0602. The molecule has 0 fully saturated rings. The molecule has 0 saturated carbocycles. The number of nitrogens with one attached hydrogen (secondary N) is 2. The Morgan fingerprint density at radius 1 is 1.11 bits per heavy atom. The summed E-state index contributed by atoms with van der Waals surface area (Å²) in [4.78, 5) is 35.9. The Morgan fingerprint density at radius 3 is 2.68 bits per heavy atom. The molecule has 28 heavy (non-hydrogen) atoms. The van der Waals surface area contributed by atoms with Crippen LogP contribution in [0.3, 0.4) is 0 Å². The molecule has 0 saturated heterocycles. The third kappa shape index (κ3) is 4.76. The molecule has 0 aliphatic carbocycles. The Bertz CT molecular complexity index is 965. The van der Waals surface area contributed by atoms with Gasteiger partial charge in [0.1, 0.15) is 12.4 Å². The van der Waals surface area contributed by atoms with Crippen molar-refractivity contribution in [3.8, 4) is 5.75 Å². The van der Waals surface area contributed by atoms with E-state index in [2.05, 4.69) is 10.6 Å². The Balaban J connectivity index is 1.49. The number of anilines is 1. The maximum absolute atomic E-state index is 12.1. The topological polar surface area (TPSA) is 93.7 Å². The standard InChI is InChI=1S/C21H20N2O5/c1-13-7-8-17(14(2)9-13)22-21(26)23-19(24)12-28-20(25)16-10-15-5-3-4-6-18(15)27-11-16/h3-10H,11-12H2,1-2H3,(H2,22,23,24,26). The zero-order valence-electron chi connectivity index (χ0n) is 15.6. The number of para-hydroxylation sites is 1. The van der Waals surface area contributed by atoms with Gasteiger partial charge in [0.05, 0.1) is 5.57 Å². The van der Waals surface area contributed by atoms with Gasteiger partial charge < -0.3 is 14.8 Å². The molecule has 0 spiro atoms. The van der Waals surface area contributed by atoms with E-state index in [1.54, 1.807) is 18.2 Å². The van der Waals surface area contributed by atoms with Crippen molar-refractivity contribution in [1.82, 2.24) is 5.32 Å². The molecular formula is C21H20N2O5. The number of benzene rings is 2. The number of esters is 1. The van der Waals surface area contributed by atoms with Crippen LogP contribution in [0.1, 0.15) is 16.7 Å². The van der Waals surface area contributed by atoms with Crippen LogP contribution in [0.15, 0.2) is 48.0 Å². The van der Waals surface area contributed by atoms with Crippen LogP contribution in [-0.2, 0) is 14.3 Å². The van der Waals surface area contributed by atoms with Crippen molar-refractivity contribution in [3.05, 3.63) is 64.7 Å². The van der Waals surface area contributed by atoms with Gasteiger partial charge in [0, 0.05) is 11.3 Å². The van der Waals surface area contributed by atoms with Crippen LogP contribution in [-0.4, -0.2) is 31.1 Å². The summed E-state index contributed by atoms with van der Waals surface area (Å²) in [5, 5.41) is 4.71. The highest BCUT2D eigenvalue weighted by Gasteiger charge is 2.19. The maximum atomic E-state index is 12.1. The van der Waals surface area contributed by atoms with E-state index in [4.69, 9.17) is 9.47 Å². The van der Waals surface area contributed by atoms with Crippen LogP contribution in [0.5, 0.6) is 5.75 Å². The van der Waals surface area contributed by atoms with Gasteiger partial charge in [-0.1, -0.05) is 35.9 Å². The van der Waals surface area contributed by atoms with Gasteiger partial charge in [-0.05, 0) is 37.6 Å². The molecule has 7 heteroatoms. The fraction of sp³-hybridized carbons (Fsp3) is 0.190. The van der Waals surface area contributed by atoms with Crippen molar-refractivity contribution < 1.29 is 23.9 Å². The predicted octanol–water partition coefficient (Wildman–Crippen LogP) is 2.97. The van der Waals surface area contributed by atoms with E-state index in [1.165, 1.54) is 0 Å². The number of carbonyl (C=O) groups excluding carboxylic acids is 3. The first-order chi connectivity index (χ1) is 13.4. The first-order valence-electron chi connectivity index (χ1n) is 8.70. The van der Waals surface area contributed by atoms with Crippen molar-refractivity contribution in [2.75, 3.05) is 18.5 Å². The minimum atomic E-state index is -0.728. The Kier molecular flexibility index (Phi) is 5.74. The largest absolute Gasteiger partial charge is 0.488 e. The molecule has 1 heterocycles. The lowest BCUT2D eigenvalue weighted by Gasteiger charge is -2.16. The number of hydrogen-bond acceptors (Lipinski definition) is 5. The van der Waals surface area contributed by atoms with Crippen LogP contribution < -0.4 is 15.4 Å². The smallest absolute Gasteiger partial charge is 0.338 e. The van der Waals surface area contributed by atoms with Crippen molar-refractivity contribution in [1.29, 1.82) is 0 Å². The predicted molar refractivity (Wildman–Crippen MR) is 104 cm³/mol. The summed E-state index contributed by atoms with van der Waals surface area (Å²) in [6.45, 7) is 3.28. The molecule has 2 aromatic carbocycles. The summed E-state index contributed by atoms with van der Waals surface area (Å²) in [5.41, 5.74) is 3.59. The lowest BCUT2D eigenvalue weighted by Crippen LogP contribution is -2.37. The number of ether oxygens (including phenoxy) is 2. The molecule has 2 N–H and O–H groups in total. The van der Waals surface area contributed by atoms with E-state index in [1.807, 2.05) is 44.2 Å². The molecule has 3 amide bonds. The first-order valence-corrected chi connectivity index (χ1v) is 8.70. The zero-order valence-corrected chi connectivity index (χ0v) is 15.6. The Labute approximate surface area is 162 Å². The highest BCUT2D eigenvalue weighted by atomic mass is 16.5. The van der Waals surface area contributed by atoms with Gasteiger partial charge in [0.25, 0.3) is 5.91 Å². The van der Waals surface area contributed by atoms with E-state index in [9.17, 15) is 14.4 Å². The SMILES string of the molecule is Cc1ccc(NC(=O)NC(=O)COC(=O)C2=Cc3ccccc3OC2)c(C)c1. The Hall–Kier alpha value is -3.61. The number of urea groups is 1. The minimum Gasteiger partial charge on any atom is -0.488 e. The summed E-state index contributed by atoms with van der Waals surface area (Å²) in [6.07, 6.45) is 1.66. The van der Waals surface area contributed by atoms with Crippen LogP contribution in [0.4, 0.5) is 10.5 Å². The van der Waals surface area contributed by atoms with Gasteiger partial charge in [-0.25, -0.2) is 9.59 Å². The normalized spacial score (nSPS) is 12.1. The van der Waals surface area contributed by atoms with E-state index < -0.39 is 24.5 Å². The van der Waals surface area contributed by atoms with Gasteiger partial charge in [0.2, 0.25) is 0 Å². The summed E-state index contributed by atoms with van der Waals surface area (Å²) < 4.78 is 10.5. The second-order valence-corrected chi connectivity index (χ2v) is 6.39. The number of carbonyl (C=O) groups is 3. The van der Waals surface area contributed by atoms with Crippen LogP contribution in [0, 0.1) is 13.8 Å². The number of rotatable bonds is 4. The van der Waals surface area contributed by atoms with Crippen molar-refractivity contribution in [2.45, 2.75) is 13.8 Å². The second kappa shape index (κ2) is 8.39. The average Bonchev–Trinajstić information content (AvgIpc) is 2.68. The quantitative estimate of drug-likeness (QED) is 0.796. The van der Waals surface area contributed by atoms with Crippen LogP contribution in [0.25, 0.3) is 6.08 Å². The molecule has 0 radical (unpaired) electrons. The van der Waals surface area contributed by atoms with Gasteiger partial charge in [0.15, 0.2) is 6.61 Å². The van der Waals surface area contributed by atoms with Crippen molar-refractivity contribution in [3.63, 3.8) is 0 Å². The van der Waals surface area contributed by atoms with E-state index in [0.717, 1.165) is 16.7 Å². The molecule has 3 rings (SSSR count). The summed E-state index contributed by atoms with van der Waals surface area (Å²) in [5.74, 6) is -0.715. The van der Waals surface area contributed by atoms with E-state index in [-0.39, 0.29) is 6.61 Å². The van der Waals surface area contributed by atoms with Crippen molar-refractivity contribution >= 4 is 29.7 Å². The van der Waals surface area contributed by atoms with Gasteiger partial charge >= 0.3 is 12.0 Å². The molecule has 0 atom stereocenters. The lowest BCUT2D eigenvalue weighted by atomic mass is 10.1. The maximum Gasteiger partial charge on any atom is 0.338 e. The molecule has 0 bridgehead atoms. The Morgan fingerprint density at radius 2 is 1.89 bits per heavy atom. The van der Waals surface area contributed by atoms with Crippen LogP contribution in [0.2, 0.25) is 0 Å². The number of amides is 3.